The lowest BCUT2D eigenvalue weighted by atomic mass is 10.0. The fraction of sp³-hybridized carbons (Fsp3) is 0.583. The van der Waals surface area contributed by atoms with Crippen molar-refractivity contribution in [1.82, 2.24) is 10.3 Å². The second-order valence-electron chi connectivity index (χ2n) is 4.44. The molecule has 0 spiro atoms. The number of aromatic nitrogens is 1. The Balaban J connectivity index is 2.51. The van der Waals surface area contributed by atoms with Gasteiger partial charge in [0.25, 0.3) is 5.91 Å². The summed E-state index contributed by atoms with van der Waals surface area (Å²) >= 11 is 1.35. The fourth-order valence-electron chi connectivity index (χ4n) is 1.54. The summed E-state index contributed by atoms with van der Waals surface area (Å²) in [7, 11) is 0. The molecule has 4 N–H and O–H groups in total. The van der Waals surface area contributed by atoms with Gasteiger partial charge in [0.05, 0.1) is 6.04 Å². The molecule has 19 heavy (non-hydrogen) atoms. The maximum atomic E-state index is 11.8. The maximum absolute atomic E-state index is 11.8. The average Bonchev–Trinajstić information content (AvgIpc) is 2.83. The summed E-state index contributed by atoms with van der Waals surface area (Å²) in [5.74, 6) is -1.20. The van der Waals surface area contributed by atoms with Crippen LogP contribution in [0.15, 0.2) is 5.38 Å². The van der Waals surface area contributed by atoms with Gasteiger partial charge in [0.15, 0.2) is 0 Å². The largest absolute Gasteiger partial charge is 0.481 e. The number of hydrogen-bond donors (Lipinski definition) is 3. The van der Waals surface area contributed by atoms with Crippen molar-refractivity contribution in [3.05, 3.63) is 16.1 Å². The van der Waals surface area contributed by atoms with Crippen LogP contribution in [0.5, 0.6) is 0 Å². The number of thiazole rings is 1. The number of amides is 1. The molecule has 0 fully saturated rings. The summed E-state index contributed by atoms with van der Waals surface area (Å²) < 4.78 is 0. The first-order valence-electron chi connectivity index (χ1n) is 6.15. The third-order valence-corrected chi connectivity index (χ3v) is 3.78. The van der Waals surface area contributed by atoms with E-state index in [9.17, 15) is 9.59 Å². The zero-order valence-corrected chi connectivity index (χ0v) is 11.9. The second kappa shape index (κ2) is 7.20. The molecule has 0 aromatic carbocycles. The lowest BCUT2D eigenvalue weighted by molar-refractivity contribution is -0.138. The van der Waals surface area contributed by atoms with E-state index in [1.54, 1.807) is 12.3 Å². The van der Waals surface area contributed by atoms with Crippen LogP contribution in [-0.4, -0.2) is 28.5 Å². The van der Waals surface area contributed by atoms with Crippen LogP contribution in [0.1, 0.15) is 48.2 Å². The van der Waals surface area contributed by atoms with E-state index >= 15 is 0 Å². The Labute approximate surface area is 116 Å². The zero-order chi connectivity index (χ0) is 14.4. The Bertz CT molecular complexity index is 445. The molecule has 0 aliphatic rings. The van der Waals surface area contributed by atoms with Gasteiger partial charge < -0.3 is 16.2 Å². The summed E-state index contributed by atoms with van der Waals surface area (Å²) in [5.41, 5.74) is 6.01. The number of aliphatic carboxylic acids is 1. The zero-order valence-electron chi connectivity index (χ0n) is 11.0. The summed E-state index contributed by atoms with van der Waals surface area (Å²) in [4.78, 5) is 26.6. The van der Waals surface area contributed by atoms with Crippen LogP contribution in [-0.2, 0) is 4.79 Å². The predicted octanol–water partition coefficient (Wildman–Crippen LogP) is 1.39. The van der Waals surface area contributed by atoms with Crippen molar-refractivity contribution in [2.24, 2.45) is 11.7 Å². The quantitative estimate of drug-likeness (QED) is 0.702. The highest BCUT2D eigenvalue weighted by Crippen LogP contribution is 2.16. The van der Waals surface area contributed by atoms with Crippen molar-refractivity contribution in [2.45, 2.75) is 32.7 Å². The Morgan fingerprint density at radius 2 is 2.26 bits per heavy atom. The average molecular weight is 285 g/mol. The van der Waals surface area contributed by atoms with Crippen LogP contribution < -0.4 is 11.1 Å². The highest BCUT2D eigenvalue weighted by Gasteiger charge is 2.16. The van der Waals surface area contributed by atoms with Gasteiger partial charge in [-0.25, -0.2) is 4.98 Å². The molecule has 0 bridgehead atoms. The normalized spacial score (nSPS) is 13.8. The van der Waals surface area contributed by atoms with Gasteiger partial charge in [-0.3, -0.25) is 9.59 Å². The lowest BCUT2D eigenvalue weighted by Gasteiger charge is -2.12. The minimum Gasteiger partial charge on any atom is -0.481 e. The monoisotopic (exact) mass is 285 g/mol. The van der Waals surface area contributed by atoms with Crippen LogP contribution in [0.25, 0.3) is 0 Å². The van der Waals surface area contributed by atoms with E-state index in [0.29, 0.717) is 23.7 Å². The Morgan fingerprint density at radius 1 is 1.58 bits per heavy atom. The number of carbonyl (C=O) groups excluding carboxylic acids is 1. The third-order valence-electron chi connectivity index (χ3n) is 2.74. The smallest absolute Gasteiger partial charge is 0.303 e. The molecule has 0 aliphatic carbocycles. The molecule has 1 rings (SSSR count). The molecule has 1 amide bonds. The molecule has 1 aromatic heterocycles. The van der Waals surface area contributed by atoms with Gasteiger partial charge in [-0.05, 0) is 12.8 Å². The summed E-state index contributed by atoms with van der Waals surface area (Å²) in [6.45, 7) is 4.05. The molecule has 2 unspecified atom stereocenters. The molecule has 0 radical (unpaired) electrons. The first-order valence-corrected chi connectivity index (χ1v) is 7.03. The number of nitrogens with zero attached hydrogens (tertiary/aromatic N) is 1. The summed E-state index contributed by atoms with van der Waals surface area (Å²) in [6.07, 6.45) is 0.758. The van der Waals surface area contributed by atoms with Gasteiger partial charge in [0.2, 0.25) is 0 Å². The SMILES string of the molecule is CCC(CNC(=O)c1csc(C(C)N)n1)CC(=O)O. The van der Waals surface area contributed by atoms with Crippen molar-refractivity contribution in [3.8, 4) is 0 Å². The summed E-state index contributed by atoms with van der Waals surface area (Å²) in [5, 5.41) is 13.8. The van der Waals surface area contributed by atoms with E-state index in [2.05, 4.69) is 10.3 Å². The van der Waals surface area contributed by atoms with Gasteiger partial charge in [0.1, 0.15) is 10.7 Å². The minimum absolute atomic E-state index is 0.0545. The van der Waals surface area contributed by atoms with E-state index in [-0.39, 0.29) is 24.3 Å². The van der Waals surface area contributed by atoms with Gasteiger partial charge in [-0.15, -0.1) is 11.3 Å². The Kier molecular flexibility index (Phi) is 5.91. The van der Waals surface area contributed by atoms with Gasteiger partial charge >= 0.3 is 5.97 Å². The van der Waals surface area contributed by atoms with Gasteiger partial charge in [0, 0.05) is 18.3 Å². The number of nitrogens with two attached hydrogens (primary N) is 1. The maximum Gasteiger partial charge on any atom is 0.303 e. The van der Waals surface area contributed by atoms with Crippen molar-refractivity contribution < 1.29 is 14.7 Å². The fourth-order valence-corrected chi connectivity index (χ4v) is 2.29. The van der Waals surface area contributed by atoms with Crippen LogP contribution in [0.4, 0.5) is 0 Å². The first-order chi connectivity index (χ1) is 8.93. The summed E-state index contributed by atoms with van der Waals surface area (Å²) in [6, 6.07) is -0.193. The second-order valence-corrected chi connectivity index (χ2v) is 5.33. The van der Waals surface area contributed by atoms with Crippen molar-refractivity contribution in [2.75, 3.05) is 6.54 Å². The molecule has 6 nitrogen and oxygen atoms in total. The molecule has 7 heteroatoms. The molecule has 0 saturated carbocycles. The molecule has 0 aliphatic heterocycles. The number of hydrogen-bond acceptors (Lipinski definition) is 5. The van der Waals surface area contributed by atoms with E-state index < -0.39 is 5.97 Å². The molecular formula is C12H19N3O3S. The standard InChI is InChI=1S/C12H19N3O3S/c1-3-8(4-10(16)17)5-14-11(18)9-6-19-12(15-9)7(2)13/h6-8H,3-5,13H2,1-2H3,(H,14,18)(H,16,17). The van der Waals surface area contributed by atoms with Crippen molar-refractivity contribution in [3.63, 3.8) is 0 Å². The topological polar surface area (TPSA) is 105 Å². The molecule has 2 atom stereocenters. The first kappa shape index (κ1) is 15.6. The number of nitrogens with one attached hydrogen (secondary N) is 1. The molecule has 0 saturated heterocycles. The molecule has 106 valence electrons. The predicted molar refractivity (Wildman–Crippen MR) is 73.1 cm³/mol. The Morgan fingerprint density at radius 3 is 2.74 bits per heavy atom. The highest BCUT2D eigenvalue weighted by molar-refractivity contribution is 7.09. The number of carbonyl (C=O) groups is 2. The van der Waals surface area contributed by atoms with Gasteiger partial charge in [-0.2, -0.15) is 0 Å². The highest BCUT2D eigenvalue weighted by atomic mass is 32.1. The van der Waals surface area contributed by atoms with Crippen molar-refractivity contribution in [1.29, 1.82) is 0 Å². The van der Waals surface area contributed by atoms with Crippen LogP contribution in [0.3, 0.4) is 0 Å². The van der Waals surface area contributed by atoms with E-state index in [0.717, 1.165) is 0 Å². The lowest BCUT2D eigenvalue weighted by Crippen LogP contribution is -2.30. The van der Waals surface area contributed by atoms with Crippen LogP contribution in [0, 0.1) is 5.92 Å². The third kappa shape index (κ3) is 4.96. The van der Waals surface area contributed by atoms with E-state index in [1.165, 1.54) is 11.3 Å². The molecular weight excluding hydrogens is 266 g/mol. The number of rotatable bonds is 7. The van der Waals surface area contributed by atoms with Crippen molar-refractivity contribution >= 4 is 23.2 Å². The number of carboxylic acids is 1. The number of carboxylic acid groups (broad SMARTS) is 1. The minimum atomic E-state index is -0.853. The Hall–Kier alpha value is -1.47. The van der Waals surface area contributed by atoms with E-state index in [4.69, 9.17) is 10.8 Å². The van der Waals surface area contributed by atoms with E-state index in [1.807, 2.05) is 6.92 Å². The van der Waals surface area contributed by atoms with Gasteiger partial charge in [-0.1, -0.05) is 13.3 Å². The van der Waals surface area contributed by atoms with Crippen LogP contribution in [0.2, 0.25) is 0 Å². The van der Waals surface area contributed by atoms with Crippen LogP contribution >= 0.6 is 11.3 Å². The molecule has 1 heterocycles. The molecule has 1 aromatic rings.